The molecule has 0 radical (unpaired) electrons. The maximum Gasteiger partial charge on any atom is 0.289 e. The summed E-state index contributed by atoms with van der Waals surface area (Å²) in [7, 11) is 1.27. The van der Waals surface area contributed by atoms with Crippen molar-refractivity contribution in [2.75, 3.05) is 26.3 Å². The van der Waals surface area contributed by atoms with Crippen molar-refractivity contribution >= 4 is 41.6 Å². The van der Waals surface area contributed by atoms with Crippen LogP contribution in [0, 0.1) is 0 Å². The summed E-state index contributed by atoms with van der Waals surface area (Å²) < 4.78 is 32.8. The second kappa shape index (κ2) is 7.44. The summed E-state index contributed by atoms with van der Waals surface area (Å²) in [5.41, 5.74) is 0. The highest BCUT2D eigenvalue weighted by Gasteiger charge is 2.25. The van der Waals surface area contributed by atoms with Crippen LogP contribution in [0.25, 0.3) is 0 Å². The van der Waals surface area contributed by atoms with E-state index in [0.717, 1.165) is 6.07 Å². The number of carbonyl (C=O) groups excluding carboxylic acids is 1. The lowest BCUT2D eigenvalue weighted by Crippen LogP contribution is -2.33. The number of carbonyl (C=O) groups is 1. The summed E-state index contributed by atoms with van der Waals surface area (Å²) in [6, 6.07) is 1.11. The Morgan fingerprint density at radius 2 is 2.15 bits per heavy atom. The quantitative estimate of drug-likeness (QED) is 0.530. The number of amides is 1. The van der Waals surface area contributed by atoms with Crippen molar-refractivity contribution < 1.29 is 22.4 Å². The molecule has 1 heterocycles. The predicted molar refractivity (Wildman–Crippen MR) is 77.5 cm³/mol. The van der Waals surface area contributed by atoms with Crippen molar-refractivity contribution in [2.24, 2.45) is 0 Å². The number of hydrogen-bond donors (Lipinski definition) is 0. The van der Waals surface area contributed by atoms with Crippen molar-refractivity contribution in [2.45, 2.75) is 18.7 Å². The Kier molecular flexibility index (Phi) is 6.50. The largest absolute Gasteiger partial charge is 0.443 e. The molecule has 0 N–H and O–H groups in total. The van der Waals surface area contributed by atoms with Gasteiger partial charge in [-0.05, 0) is 29.8 Å². The highest BCUT2D eigenvalue weighted by atomic mass is 79.9. The predicted octanol–water partition coefficient (Wildman–Crippen LogP) is 2.47. The molecular weight excluding hydrogens is 374 g/mol. The Hall–Kier alpha value is -0.570. The van der Waals surface area contributed by atoms with E-state index in [2.05, 4.69) is 15.9 Å². The van der Waals surface area contributed by atoms with Crippen LogP contribution in [0.2, 0.25) is 0 Å². The number of rotatable bonds is 7. The van der Waals surface area contributed by atoms with Gasteiger partial charge in [0.25, 0.3) is 15.0 Å². The summed E-state index contributed by atoms with van der Waals surface area (Å²) in [6.07, 6.45) is 0. The van der Waals surface area contributed by atoms with Crippen LogP contribution in [-0.4, -0.2) is 45.5 Å². The van der Waals surface area contributed by atoms with Gasteiger partial charge in [-0.15, -0.1) is 0 Å². The maximum atomic E-state index is 12.2. The average Bonchev–Trinajstić information content (AvgIpc) is 2.76. The molecule has 0 saturated carbocycles. The molecule has 20 heavy (non-hydrogen) atoms. The third-order valence-electron chi connectivity index (χ3n) is 2.51. The zero-order valence-corrected chi connectivity index (χ0v) is 14.2. The smallest absolute Gasteiger partial charge is 0.289 e. The Morgan fingerprint density at radius 1 is 1.50 bits per heavy atom. The molecule has 1 rings (SSSR count). The van der Waals surface area contributed by atoms with Crippen LogP contribution < -0.4 is 0 Å². The van der Waals surface area contributed by atoms with Crippen molar-refractivity contribution in [1.29, 1.82) is 0 Å². The molecule has 0 atom stereocenters. The molecule has 0 saturated heterocycles. The van der Waals surface area contributed by atoms with Crippen LogP contribution in [-0.2, 0) is 13.8 Å². The Morgan fingerprint density at radius 3 is 2.60 bits per heavy atom. The van der Waals surface area contributed by atoms with Gasteiger partial charge in [-0.25, -0.2) is 8.42 Å². The van der Waals surface area contributed by atoms with Crippen molar-refractivity contribution in [3.63, 3.8) is 0 Å². The highest BCUT2D eigenvalue weighted by molar-refractivity contribution is 9.10. The Bertz CT molecular complexity index is 571. The first-order valence-corrected chi connectivity index (χ1v) is 9.02. The minimum absolute atomic E-state index is 0.0864. The summed E-state index contributed by atoms with van der Waals surface area (Å²) in [4.78, 5) is 13.4. The maximum absolute atomic E-state index is 12.2. The van der Waals surface area contributed by atoms with Gasteiger partial charge in [0, 0.05) is 36.4 Å². The third kappa shape index (κ3) is 4.47. The van der Waals surface area contributed by atoms with Gasteiger partial charge in [0.1, 0.15) is 4.90 Å². The number of hydrogen-bond acceptors (Lipinski definition) is 5. The SMILES string of the molecule is CCOCCN(CC)C(=O)c1cc(S(=O)(=O)Cl)c(Br)o1. The molecule has 9 heteroatoms. The Balaban J connectivity index is 2.91. The van der Waals surface area contributed by atoms with Crippen LogP contribution in [0.3, 0.4) is 0 Å². The van der Waals surface area contributed by atoms with E-state index in [4.69, 9.17) is 19.8 Å². The van der Waals surface area contributed by atoms with Crippen molar-refractivity contribution in [3.8, 4) is 0 Å². The summed E-state index contributed by atoms with van der Waals surface area (Å²) in [5, 5.41) is 0. The molecule has 0 unspecified atom stereocenters. The minimum atomic E-state index is -3.96. The molecule has 0 fully saturated rings. The van der Waals surface area contributed by atoms with Gasteiger partial charge < -0.3 is 14.1 Å². The van der Waals surface area contributed by atoms with Gasteiger partial charge in [0.15, 0.2) is 10.4 Å². The van der Waals surface area contributed by atoms with Crippen molar-refractivity contribution in [1.82, 2.24) is 4.90 Å². The van der Waals surface area contributed by atoms with Gasteiger partial charge in [-0.1, -0.05) is 0 Å². The molecule has 1 amide bonds. The second-order valence-electron chi connectivity index (χ2n) is 3.77. The number of halogens is 2. The van der Waals surface area contributed by atoms with Crippen LogP contribution in [0.4, 0.5) is 0 Å². The monoisotopic (exact) mass is 387 g/mol. The molecule has 6 nitrogen and oxygen atoms in total. The molecule has 1 aromatic heterocycles. The molecule has 0 aliphatic heterocycles. The fourth-order valence-corrected chi connectivity index (χ4v) is 3.53. The summed E-state index contributed by atoms with van der Waals surface area (Å²) >= 11 is 2.93. The van der Waals surface area contributed by atoms with Crippen molar-refractivity contribution in [3.05, 3.63) is 16.5 Å². The van der Waals surface area contributed by atoms with Gasteiger partial charge in [-0.2, -0.15) is 0 Å². The zero-order chi connectivity index (χ0) is 15.3. The lowest BCUT2D eigenvalue weighted by Gasteiger charge is -2.19. The van der Waals surface area contributed by atoms with E-state index in [1.807, 2.05) is 6.92 Å². The third-order valence-corrected chi connectivity index (χ3v) is 4.69. The van der Waals surface area contributed by atoms with E-state index >= 15 is 0 Å². The molecule has 0 spiro atoms. The van der Waals surface area contributed by atoms with Gasteiger partial charge in [0.05, 0.1) is 6.61 Å². The van der Waals surface area contributed by atoms with Crippen LogP contribution in [0.1, 0.15) is 24.4 Å². The zero-order valence-electron chi connectivity index (χ0n) is 11.1. The Labute approximate surface area is 130 Å². The van der Waals surface area contributed by atoms with E-state index in [1.54, 1.807) is 6.92 Å². The standard InChI is InChI=1S/C11H15BrClNO5S/c1-3-14(5-6-18-4-2)11(15)8-7-9(10(12)19-8)20(13,16)17/h7H,3-6H2,1-2H3. The lowest BCUT2D eigenvalue weighted by atomic mass is 10.3. The number of furan rings is 1. The van der Waals surface area contributed by atoms with E-state index in [1.165, 1.54) is 4.90 Å². The van der Waals surface area contributed by atoms with Crippen LogP contribution in [0.5, 0.6) is 0 Å². The van der Waals surface area contributed by atoms with Gasteiger partial charge in [-0.3, -0.25) is 4.79 Å². The molecule has 0 bridgehead atoms. The van der Waals surface area contributed by atoms with E-state index in [-0.39, 0.29) is 15.3 Å². The fourth-order valence-electron chi connectivity index (χ4n) is 1.50. The first-order valence-electron chi connectivity index (χ1n) is 5.92. The fraction of sp³-hybridized carbons (Fsp3) is 0.545. The molecule has 0 aromatic carbocycles. The minimum Gasteiger partial charge on any atom is -0.443 e. The topological polar surface area (TPSA) is 76.8 Å². The lowest BCUT2D eigenvalue weighted by molar-refractivity contribution is 0.0639. The molecule has 0 aliphatic carbocycles. The number of ether oxygens (including phenoxy) is 1. The normalized spacial score (nSPS) is 11.6. The molecule has 114 valence electrons. The second-order valence-corrected chi connectivity index (χ2v) is 7.02. The molecular formula is C11H15BrClNO5S. The van der Waals surface area contributed by atoms with Gasteiger partial charge >= 0.3 is 0 Å². The average molecular weight is 389 g/mol. The summed E-state index contributed by atoms with van der Waals surface area (Å²) in [6.45, 7) is 5.48. The first-order chi connectivity index (χ1) is 9.31. The number of nitrogens with zero attached hydrogens (tertiary/aromatic N) is 1. The van der Waals surface area contributed by atoms with E-state index < -0.39 is 15.0 Å². The van der Waals surface area contributed by atoms with Crippen LogP contribution in [0.15, 0.2) is 20.0 Å². The van der Waals surface area contributed by atoms with Crippen LogP contribution >= 0.6 is 26.6 Å². The number of likely N-dealkylation sites (N-methyl/N-ethyl adjacent to an activating group) is 1. The molecule has 0 aliphatic rings. The summed E-state index contributed by atoms with van der Waals surface area (Å²) in [5.74, 6) is -0.506. The first kappa shape index (κ1) is 17.5. The molecule has 1 aromatic rings. The van der Waals surface area contributed by atoms with E-state index in [9.17, 15) is 13.2 Å². The highest BCUT2D eigenvalue weighted by Crippen LogP contribution is 2.29. The van der Waals surface area contributed by atoms with E-state index in [0.29, 0.717) is 26.3 Å². The van der Waals surface area contributed by atoms with Gasteiger partial charge in [0.2, 0.25) is 0 Å².